The number of hydrogen-bond acceptors (Lipinski definition) is 3. The number of benzene rings is 2. The van der Waals surface area contributed by atoms with Crippen LogP contribution in [0.25, 0.3) is 28.1 Å². The number of nitrogens with zero attached hydrogens (tertiary/aromatic N) is 1. The number of carboxylic acid groups (broad SMARTS) is 1. The standard InChI is InChI=1S/C27H22FN3O3/c28-27-21-14-19(9-10-22(21)30-31-27)26(18-7-4-16(5-8-18)6-11-24(33)34)25(17-2-1-3-17)20-12-13-29-23(32)15-20/h4-15,17H,1-3H2,(H,29,32)(H,30,31)(H,33,34)/b11-6+,26-25?. The number of allylic oxidation sites excluding steroid dienone is 1. The van der Waals surface area contributed by atoms with Crippen LogP contribution in [0.4, 0.5) is 4.39 Å². The van der Waals surface area contributed by atoms with E-state index in [9.17, 15) is 14.0 Å². The summed E-state index contributed by atoms with van der Waals surface area (Å²) in [5.41, 5.74) is 5.65. The number of pyridine rings is 1. The molecule has 2 heterocycles. The number of rotatable bonds is 6. The van der Waals surface area contributed by atoms with E-state index in [1.807, 2.05) is 36.4 Å². The Morgan fingerprint density at radius 3 is 2.47 bits per heavy atom. The minimum absolute atomic E-state index is 0.181. The highest BCUT2D eigenvalue weighted by Crippen LogP contribution is 2.45. The second kappa shape index (κ2) is 8.94. The molecule has 0 radical (unpaired) electrons. The Morgan fingerprint density at radius 1 is 1.03 bits per heavy atom. The van der Waals surface area contributed by atoms with E-state index in [1.54, 1.807) is 24.4 Å². The van der Waals surface area contributed by atoms with Crippen molar-refractivity contribution < 1.29 is 14.3 Å². The van der Waals surface area contributed by atoms with Crippen molar-refractivity contribution >= 4 is 34.1 Å². The number of halogens is 1. The van der Waals surface area contributed by atoms with Gasteiger partial charge in [-0.15, -0.1) is 0 Å². The van der Waals surface area contributed by atoms with E-state index < -0.39 is 11.9 Å². The molecule has 0 aliphatic heterocycles. The third-order valence-corrected chi connectivity index (χ3v) is 6.28. The van der Waals surface area contributed by atoms with E-state index >= 15 is 0 Å². The quantitative estimate of drug-likeness (QED) is 0.346. The molecule has 170 valence electrons. The second-order valence-corrected chi connectivity index (χ2v) is 8.42. The van der Waals surface area contributed by atoms with Crippen LogP contribution < -0.4 is 5.56 Å². The second-order valence-electron chi connectivity index (χ2n) is 8.42. The zero-order chi connectivity index (χ0) is 23.7. The molecule has 5 rings (SSSR count). The molecular formula is C27H22FN3O3. The van der Waals surface area contributed by atoms with E-state index in [1.165, 1.54) is 6.08 Å². The van der Waals surface area contributed by atoms with Gasteiger partial charge in [0.25, 0.3) is 0 Å². The normalized spacial score (nSPS) is 14.9. The molecule has 0 bridgehead atoms. The van der Waals surface area contributed by atoms with Gasteiger partial charge < -0.3 is 10.1 Å². The van der Waals surface area contributed by atoms with E-state index in [-0.39, 0.29) is 11.5 Å². The summed E-state index contributed by atoms with van der Waals surface area (Å²) in [7, 11) is 0. The van der Waals surface area contributed by atoms with E-state index in [4.69, 9.17) is 5.11 Å². The molecule has 2 aromatic heterocycles. The van der Waals surface area contributed by atoms with Gasteiger partial charge in [-0.2, -0.15) is 9.49 Å². The Kier molecular flexibility index (Phi) is 5.67. The Balaban J connectivity index is 1.75. The monoisotopic (exact) mass is 455 g/mol. The molecule has 0 saturated heterocycles. The fraction of sp³-hybridized carbons (Fsp3) is 0.148. The van der Waals surface area contributed by atoms with Crippen LogP contribution in [0.5, 0.6) is 0 Å². The van der Waals surface area contributed by atoms with Crippen molar-refractivity contribution in [2.45, 2.75) is 19.3 Å². The smallest absolute Gasteiger partial charge is 0.328 e. The number of hydrogen-bond donors (Lipinski definition) is 3. The summed E-state index contributed by atoms with van der Waals surface area (Å²) in [6, 6.07) is 16.5. The minimum Gasteiger partial charge on any atom is -0.478 e. The number of aromatic amines is 2. The Labute approximate surface area is 194 Å². The number of carbonyl (C=O) groups is 1. The Morgan fingerprint density at radius 2 is 1.79 bits per heavy atom. The molecule has 2 aromatic carbocycles. The van der Waals surface area contributed by atoms with E-state index in [0.29, 0.717) is 10.9 Å². The first-order chi connectivity index (χ1) is 16.5. The Hall–Kier alpha value is -4.26. The predicted molar refractivity (Wildman–Crippen MR) is 129 cm³/mol. The molecule has 0 spiro atoms. The number of fused-ring (bicyclic) bond motifs is 1. The lowest BCUT2D eigenvalue weighted by Crippen LogP contribution is -2.16. The van der Waals surface area contributed by atoms with Crippen molar-refractivity contribution in [2.24, 2.45) is 5.92 Å². The van der Waals surface area contributed by atoms with Gasteiger partial charge in [-0.1, -0.05) is 36.8 Å². The van der Waals surface area contributed by atoms with Gasteiger partial charge >= 0.3 is 5.97 Å². The molecule has 1 aliphatic carbocycles. The first kappa shape index (κ1) is 21.6. The van der Waals surface area contributed by atoms with Gasteiger partial charge in [0.15, 0.2) is 0 Å². The topological polar surface area (TPSA) is 98.8 Å². The maximum absolute atomic E-state index is 14.4. The van der Waals surface area contributed by atoms with Gasteiger partial charge in [0, 0.05) is 18.3 Å². The number of aliphatic carboxylic acids is 1. The highest BCUT2D eigenvalue weighted by Gasteiger charge is 2.27. The van der Waals surface area contributed by atoms with Gasteiger partial charge in [0.1, 0.15) is 0 Å². The summed E-state index contributed by atoms with van der Waals surface area (Å²) in [6.07, 6.45) is 7.40. The fourth-order valence-corrected chi connectivity index (χ4v) is 4.43. The van der Waals surface area contributed by atoms with Crippen LogP contribution in [0.2, 0.25) is 0 Å². The van der Waals surface area contributed by atoms with Crippen molar-refractivity contribution in [2.75, 3.05) is 0 Å². The third-order valence-electron chi connectivity index (χ3n) is 6.28. The first-order valence-corrected chi connectivity index (χ1v) is 11.1. The highest BCUT2D eigenvalue weighted by molar-refractivity contribution is 6.01. The molecular weight excluding hydrogens is 433 g/mol. The highest BCUT2D eigenvalue weighted by atomic mass is 19.1. The molecule has 0 amide bonds. The van der Waals surface area contributed by atoms with Gasteiger partial charge in [0.2, 0.25) is 11.5 Å². The lowest BCUT2D eigenvalue weighted by molar-refractivity contribution is -0.131. The van der Waals surface area contributed by atoms with E-state index in [0.717, 1.165) is 58.7 Å². The van der Waals surface area contributed by atoms with Crippen LogP contribution in [0.15, 0.2) is 71.7 Å². The third kappa shape index (κ3) is 4.20. The molecule has 1 fully saturated rings. The lowest BCUT2D eigenvalue weighted by Gasteiger charge is -2.31. The van der Waals surface area contributed by atoms with Crippen LogP contribution in [0.3, 0.4) is 0 Å². The summed E-state index contributed by atoms with van der Waals surface area (Å²) in [5.74, 6) is -1.23. The van der Waals surface area contributed by atoms with Gasteiger partial charge in [-0.05, 0) is 76.4 Å². The van der Waals surface area contributed by atoms with Crippen molar-refractivity contribution in [3.05, 3.63) is 105 Å². The summed E-state index contributed by atoms with van der Waals surface area (Å²) < 4.78 is 14.4. The van der Waals surface area contributed by atoms with Crippen molar-refractivity contribution in [3.63, 3.8) is 0 Å². The SMILES string of the molecule is O=C(O)/C=C/c1ccc(C(=C(c2cc[nH]c(=O)c2)C2CCC2)c2ccc3n[nH]c(F)c3c2)cc1. The van der Waals surface area contributed by atoms with Crippen molar-refractivity contribution in [1.82, 2.24) is 15.2 Å². The molecule has 0 unspecified atom stereocenters. The largest absolute Gasteiger partial charge is 0.478 e. The molecule has 1 aliphatic rings. The van der Waals surface area contributed by atoms with Crippen LogP contribution in [-0.2, 0) is 4.79 Å². The zero-order valence-electron chi connectivity index (χ0n) is 18.2. The van der Waals surface area contributed by atoms with Crippen molar-refractivity contribution in [1.29, 1.82) is 0 Å². The van der Waals surface area contributed by atoms with Gasteiger partial charge in [0.05, 0.1) is 10.9 Å². The zero-order valence-corrected chi connectivity index (χ0v) is 18.2. The molecule has 6 nitrogen and oxygen atoms in total. The van der Waals surface area contributed by atoms with Crippen LogP contribution in [0, 0.1) is 11.9 Å². The van der Waals surface area contributed by atoms with Crippen LogP contribution in [-0.4, -0.2) is 26.3 Å². The van der Waals surface area contributed by atoms with Gasteiger partial charge in [-0.3, -0.25) is 9.89 Å². The first-order valence-electron chi connectivity index (χ1n) is 11.1. The van der Waals surface area contributed by atoms with Crippen LogP contribution in [0.1, 0.15) is 41.5 Å². The lowest BCUT2D eigenvalue weighted by atomic mass is 9.73. The molecule has 0 atom stereocenters. The average Bonchev–Trinajstić information content (AvgIpc) is 3.17. The minimum atomic E-state index is -1.01. The number of carboxylic acids is 1. The number of nitrogens with one attached hydrogen (secondary N) is 2. The number of H-pyrrole nitrogens is 2. The summed E-state index contributed by atoms with van der Waals surface area (Å²) >= 11 is 0. The summed E-state index contributed by atoms with van der Waals surface area (Å²) in [4.78, 5) is 25.7. The molecule has 1 saturated carbocycles. The molecule has 4 aromatic rings. The Bertz CT molecular complexity index is 1490. The fourth-order valence-electron chi connectivity index (χ4n) is 4.43. The predicted octanol–water partition coefficient (Wildman–Crippen LogP) is 5.25. The number of aromatic nitrogens is 3. The van der Waals surface area contributed by atoms with Crippen LogP contribution >= 0.6 is 0 Å². The maximum atomic E-state index is 14.4. The summed E-state index contributed by atoms with van der Waals surface area (Å²) in [5, 5.41) is 15.7. The molecule has 7 heteroatoms. The molecule has 3 N–H and O–H groups in total. The maximum Gasteiger partial charge on any atom is 0.328 e. The average molecular weight is 455 g/mol. The van der Waals surface area contributed by atoms with Gasteiger partial charge in [-0.25, -0.2) is 4.79 Å². The van der Waals surface area contributed by atoms with Crippen molar-refractivity contribution in [3.8, 4) is 0 Å². The molecule has 34 heavy (non-hydrogen) atoms. The summed E-state index contributed by atoms with van der Waals surface area (Å²) in [6.45, 7) is 0. The van der Waals surface area contributed by atoms with E-state index in [2.05, 4.69) is 15.2 Å².